The molecular formula is C16H23NO3. The van der Waals surface area contributed by atoms with E-state index >= 15 is 0 Å². The average molecular weight is 277 g/mol. The van der Waals surface area contributed by atoms with Crippen LogP contribution in [0.25, 0.3) is 0 Å². The Morgan fingerprint density at radius 3 is 2.70 bits per heavy atom. The van der Waals surface area contributed by atoms with Crippen LogP contribution in [-0.4, -0.2) is 36.2 Å². The molecule has 1 saturated heterocycles. The molecular weight excluding hydrogens is 254 g/mol. The van der Waals surface area contributed by atoms with E-state index in [1.165, 1.54) is 11.1 Å². The quantitative estimate of drug-likeness (QED) is 0.899. The number of carboxylic acids is 1. The van der Waals surface area contributed by atoms with Gasteiger partial charge in [0, 0.05) is 18.5 Å². The third kappa shape index (κ3) is 3.97. The van der Waals surface area contributed by atoms with Crippen LogP contribution in [0.5, 0.6) is 5.75 Å². The fourth-order valence-electron chi connectivity index (χ4n) is 2.87. The van der Waals surface area contributed by atoms with Gasteiger partial charge in [0.05, 0.1) is 7.11 Å². The summed E-state index contributed by atoms with van der Waals surface area (Å²) in [6.07, 6.45) is 2.25. The van der Waals surface area contributed by atoms with Crippen molar-refractivity contribution in [2.45, 2.75) is 32.7 Å². The summed E-state index contributed by atoms with van der Waals surface area (Å²) in [4.78, 5) is 13.1. The first-order valence-electron chi connectivity index (χ1n) is 7.16. The fraction of sp³-hybridized carbons (Fsp3) is 0.562. The molecule has 1 aromatic rings. The zero-order valence-corrected chi connectivity index (χ0v) is 12.3. The van der Waals surface area contributed by atoms with Crippen LogP contribution in [0.2, 0.25) is 0 Å². The van der Waals surface area contributed by atoms with Gasteiger partial charge >= 0.3 is 5.97 Å². The second-order valence-corrected chi connectivity index (χ2v) is 5.63. The topological polar surface area (TPSA) is 49.8 Å². The van der Waals surface area contributed by atoms with Gasteiger partial charge in [-0.1, -0.05) is 17.7 Å². The van der Waals surface area contributed by atoms with E-state index in [2.05, 4.69) is 24.0 Å². The first-order chi connectivity index (χ1) is 9.58. The Labute approximate surface area is 120 Å². The summed E-state index contributed by atoms with van der Waals surface area (Å²) in [6.45, 7) is 4.90. The Bertz CT molecular complexity index is 465. The van der Waals surface area contributed by atoms with Gasteiger partial charge in [-0.05, 0) is 44.8 Å². The SMILES string of the molecule is COc1ccc(C)cc1CN1CCC(CC(=O)O)CC1. The summed E-state index contributed by atoms with van der Waals surface area (Å²) in [5.41, 5.74) is 2.45. The van der Waals surface area contributed by atoms with E-state index in [1.807, 2.05) is 6.07 Å². The van der Waals surface area contributed by atoms with Crippen molar-refractivity contribution in [2.75, 3.05) is 20.2 Å². The van der Waals surface area contributed by atoms with E-state index in [0.29, 0.717) is 12.3 Å². The molecule has 0 bridgehead atoms. The standard InChI is InChI=1S/C16H23NO3/c1-12-3-4-15(20-2)14(9-12)11-17-7-5-13(6-8-17)10-16(18)19/h3-4,9,13H,5-8,10-11H2,1-2H3,(H,18,19). The van der Waals surface area contributed by atoms with E-state index in [-0.39, 0.29) is 0 Å². The minimum absolute atomic E-state index is 0.307. The van der Waals surface area contributed by atoms with Crippen molar-refractivity contribution >= 4 is 5.97 Å². The minimum atomic E-state index is -0.677. The van der Waals surface area contributed by atoms with E-state index < -0.39 is 5.97 Å². The third-order valence-corrected chi connectivity index (χ3v) is 4.00. The van der Waals surface area contributed by atoms with Gasteiger partial charge < -0.3 is 9.84 Å². The van der Waals surface area contributed by atoms with Crippen molar-refractivity contribution < 1.29 is 14.6 Å². The number of carbonyl (C=O) groups is 1. The van der Waals surface area contributed by atoms with E-state index in [4.69, 9.17) is 9.84 Å². The number of aryl methyl sites for hydroxylation is 1. The second-order valence-electron chi connectivity index (χ2n) is 5.63. The summed E-state index contributed by atoms with van der Waals surface area (Å²) >= 11 is 0. The van der Waals surface area contributed by atoms with Gasteiger partial charge in [-0.2, -0.15) is 0 Å². The summed E-state index contributed by atoms with van der Waals surface area (Å²) in [5.74, 6) is 0.593. The number of hydrogen-bond donors (Lipinski definition) is 1. The van der Waals surface area contributed by atoms with Gasteiger partial charge in [0.1, 0.15) is 5.75 Å². The zero-order chi connectivity index (χ0) is 14.5. The number of hydrogen-bond acceptors (Lipinski definition) is 3. The second kappa shape index (κ2) is 6.75. The van der Waals surface area contributed by atoms with E-state index in [1.54, 1.807) is 7.11 Å². The smallest absolute Gasteiger partial charge is 0.303 e. The summed E-state index contributed by atoms with van der Waals surface area (Å²) in [6, 6.07) is 6.24. The number of piperidine rings is 1. The largest absolute Gasteiger partial charge is 0.496 e. The Balaban J connectivity index is 1.92. The maximum absolute atomic E-state index is 10.7. The molecule has 0 amide bonds. The maximum atomic E-state index is 10.7. The van der Waals surface area contributed by atoms with Gasteiger partial charge in [-0.25, -0.2) is 0 Å². The lowest BCUT2D eigenvalue weighted by atomic mass is 9.93. The van der Waals surface area contributed by atoms with Crippen LogP contribution >= 0.6 is 0 Å². The first-order valence-corrected chi connectivity index (χ1v) is 7.16. The fourth-order valence-corrected chi connectivity index (χ4v) is 2.87. The minimum Gasteiger partial charge on any atom is -0.496 e. The molecule has 0 atom stereocenters. The summed E-state index contributed by atoms with van der Waals surface area (Å²) in [5, 5.41) is 8.84. The lowest BCUT2D eigenvalue weighted by Gasteiger charge is -2.31. The van der Waals surface area contributed by atoms with E-state index in [9.17, 15) is 4.79 Å². The predicted molar refractivity (Wildman–Crippen MR) is 78.0 cm³/mol. The normalized spacial score (nSPS) is 17.1. The van der Waals surface area contributed by atoms with Gasteiger partial charge in [0.25, 0.3) is 0 Å². The van der Waals surface area contributed by atoms with Crippen LogP contribution < -0.4 is 4.74 Å². The van der Waals surface area contributed by atoms with Gasteiger partial charge in [0.15, 0.2) is 0 Å². The molecule has 4 heteroatoms. The van der Waals surface area contributed by atoms with Crippen molar-refractivity contribution in [2.24, 2.45) is 5.92 Å². The molecule has 4 nitrogen and oxygen atoms in total. The van der Waals surface area contributed by atoms with Crippen molar-refractivity contribution in [3.63, 3.8) is 0 Å². The number of ether oxygens (including phenoxy) is 1. The highest BCUT2D eigenvalue weighted by molar-refractivity contribution is 5.67. The van der Waals surface area contributed by atoms with Gasteiger partial charge in [-0.3, -0.25) is 9.69 Å². The predicted octanol–water partition coefficient (Wildman–Crippen LogP) is 2.69. The van der Waals surface area contributed by atoms with E-state index in [0.717, 1.165) is 38.2 Å². The molecule has 0 aliphatic carbocycles. The lowest BCUT2D eigenvalue weighted by Crippen LogP contribution is -2.34. The number of methoxy groups -OCH3 is 1. The van der Waals surface area contributed by atoms with Crippen molar-refractivity contribution in [3.05, 3.63) is 29.3 Å². The number of benzene rings is 1. The molecule has 1 heterocycles. The number of carboxylic acid groups (broad SMARTS) is 1. The Morgan fingerprint density at radius 1 is 1.40 bits per heavy atom. The van der Waals surface area contributed by atoms with Crippen LogP contribution in [0.4, 0.5) is 0 Å². The molecule has 1 fully saturated rings. The van der Waals surface area contributed by atoms with Crippen molar-refractivity contribution in [1.29, 1.82) is 0 Å². The van der Waals surface area contributed by atoms with Gasteiger partial charge in [0.2, 0.25) is 0 Å². The molecule has 0 aromatic heterocycles. The number of aliphatic carboxylic acids is 1. The van der Waals surface area contributed by atoms with Crippen molar-refractivity contribution in [3.8, 4) is 5.75 Å². The molecule has 0 radical (unpaired) electrons. The average Bonchev–Trinajstić information content (AvgIpc) is 2.41. The highest BCUT2D eigenvalue weighted by atomic mass is 16.5. The maximum Gasteiger partial charge on any atom is 0.303 e. The first kappa shape index (κ1) is 14.9. The Hall–Kier alpha value is -1.55. The lowest BCUT2D eigenvalue weighted by molar-refractivity contribution is -0.138. The molecule has 1 N–H and O–H groups in total. The summed E-state index contributed by atoms with van der Waals surface area (Å²) in [7, 11) is 1.70. The number of rotatable bonds is 5. The van der Waals surface area contributed by atoms with Crippen molar-refractivity contribution in [1.82, 2.24) is 4.90 Å². The highest BCUT2D eigenvalue weighted by Gasteiger charge is 2.21. The number of likely N-dealkylation sites (tertiary alicyclic amines) is 1. The molecule has 110 valence electrons. The highest BCUT2D eigenvalue weighted by Crippen LogP contribution is 2.25. The molecule has 1 aliphatic rings. The molecule has 0 spiro atoms. The van der Waals surface area contributed by atoms with Crippen LogP contribution in [0, 0.1) is 12.8 Å². The number of nitrogens with zero attached hydrogens (tertiary/aromatic N) is 1. The van der Waals surface area contributed by atoms with Crippen LogP contribution in [-0.2, 0) is 11.3 Å². The zero-order valence-electron chi connectivity index (χ0n) is 12.3. The van der Waals surface area contributed by atoms with Crippen LogP contribution in [0.1, 0.15) is 30.4 Å². The molecule has 2 rings (SSSR count). The molecule has 1 aromatic carbocycles. The Morgan fingerprint density at radius 2 is 2.10 bits per heavy atom. The van der Waals surface area contributed by atoms with Crippen LogP contribution in [0.15, 0.2) is 18.2 Å². The summed E-state index contributed by atoms with van der Waals surface area (Å²) < 4.78 is 5.41. The molecule has 0 saturated carbocycles. The monoisotopic (exact) mass is 277 g/mol. The Kier molecular flexibility index (Phi) is 5.01. The van der Waals surface area contributed by atoms with Crippen LogP contribution in [0.3, 0.4) is 0 Å². The molecule has 20 heavy (non-hydrogen) atoms. The molecule has 1 aliphatic heterocycles. The molecule has 0 unspecified atom stereocenters. The van der Waals surface area contributed by atoms with Gasteiger partial charge in [-0.15, -0.1) is 0 Å². The third-order valence-electron chi connectivity index (χ3n) is 4.00.